The van der Waals surface area contributed by atoms with Crippen LogP contribution in [0.3, 0.4) is 0 Å². The van der Waals surface area contributed by atoms with Crippen molar-refractivity contribution in [1.29, 1.82) is 0 Å². The molecule has 7 heteroatoms. The molecule has 2 aliphatic rings. The number of rotatable bonds is 5. The van der Waals surface area contributed by atoms with Gasteiger partial charge in [0, 0.05) is 26.2 Å². The topological polar surface area (TPSA) is 69.7 Å². The molecule has 1 aliphatic heterocycles. The van der Waals surface area contributed by atoms with E-state index in [0.717, 1.165) is 30.0 Å². The Labute approximate surface area is 115 Å². The summed E-state index contributed by atoms with van der Waals surface area (Å²) in [4.78, 5) is 11.7. The summed E-state index contributed by atoms with van der Waals surface area (Å²) in [5, 5.41) is 2.80. The summed E-state index contributed by atoms with van der Waals surface area (Å²) in [6, 6.07) is 0.263. The van der Waals surface area contributed by atoms with E-state index in [1.54, 1.807) is 0 Å². The van der Waals surface area contributed by atoms with E-state index in [1.807, 2.05) is 0 Å². The highest BCUT2D eigenvalue weighted by Crippen LogP contribution is 2.20. The molecule has 1 saturated heterocycles. The molecule has 2 fully saturated rings. The second kappa shape index (κ2) is 5.76. The largest absolute Gasteiger partial charge is 0.352 e. The van der Waals surface area contributed by atoms with E-state index in [9.17, 15) is 13.2 Å². The lowest BCUT2D eigenvalue weighted by Gasteiger charge is -2.32. The number of carbonyl (C=O) groups excluding carboxylic acids is 1. The van der Waals surface area contributed by atoms with Gasteiger partial charge in [-0.05, 0) is 31.6 Å². The van der Waals surface area contributed by atoms with Gasteiger partial charge in [0.25, 0.3) is 10.2 Å². The Hall–Kier alpha value is -0.660. The van der Waals surface area contributed by atoms with Crippen molar-refractivity contribution in [2.75, 3.05) is 26.7 Å². The summed E-state index contributed by atoms with van der Waals surface area (Å²) in [5.74, 6) is 0.177. The molecule has 19 heavy (non-hydrogen) atoms. The molecular formula is C12H23N3O3S. The summed E-state index contributed by atoms with van der Waals surface area (Å²) >= 11 is 0. The van der Waals surface area contributed by atoms with Gasteiger partial charge in [0.05, 0.1) is 6.54 Å². The van der Waals surface area contributed by atoms with Gasteiger partial charge >= 0.3 is 0 Å². The Balaban J connectivity index is 1.91. The summed E-state index contributed by atoms with van der Waals surface area (Å²) in [7, 11) is -2.03. The van der Waals surface area contributed by atoms with Crippen molar-refractivity contribution in [1.82, 2.24) is 13.9 Å². The van der Waals surface area contributed by atoms with Crippen LogP contribution in [0.15, 0.2) is 0 Å². The first-order valence-corrected chi connectivity index (χ1v) is 8.30. The first kappa shape index (κ1) is 14.7. The molecule has 1 atom stereocenters. The zero-order valence-electron chi connectivity index (χ0n) is 11.6. The second-order valence-corrected chi connectivity index (χ2v) is 7.75. The molecule has 0 aromatic heterocycles. The average Bonchev–Trinajstić information content (AvgIpc) is 3.12. The van der Waals surface area contributed by atoms with Crippen LogP contribution in [0.5, 0.6) is 0 Å². The van der Waals surface area contributed by atoms with Crippen molar-refractivity contribution in [3.63, 3.8) is 0 Å². The van der Waals surface area contributed by atoms with Gasteiger partial charge in [0.2, 0.25) is 5.91 Å². The number of hydrogen-bond acceptors (Lipinski definition) is 3. The molecule has 0 unspecified atom stereocenters. The van der Waals surface area contributed by atoms with Crippen LogP contribution < -0.4 is 5.32 Å². The Morgan fingerprint density at radius 2 is 2.05 bits per heavy atom. The number of carbonyl (C=O) groups is 1. The maximum absolute atomic E-state index is 12.3. The average molecular weight is 289 g/mol. The Kier molecular flexibility index (Phi) is 4.47. The molecule has 1 amide bonds. The predicted octanol–water partition coefficient (Wildman–Crippen LogP) is 0.174. The van der Waals surface area contributed by atoms with Crippen molar-refractivity contribution in [2.24, 2.45) is 5.92 Å². The highest BCUT2D eigenvalue weighted by atomic mass is 32.2. The highest BCUT2D eigenvalue weighted by Gasteiger charge is 2.32. The van der Waals surface area contributed by atoms with Crippen LogP contribution in [0.4, 0.5) is 0 Å². The Morgan fingerprint density at radius 3 is 2.63 bits per heavy atom. The van der Waals surface area contributed by atoms with Crippen molar-refractivity contribution < 1.29 is 13.2 Å². The van der Waals surface area contributed by atoms with Crippen LogP contribution >= 0.6 is 0 Å². The lowest BCUT2D eigenvalue weighted by molar-refractivity contribution is -0.121. The smallest absolute Gasteiger partial charge is 0.282 e. The molecule has 0 aromatic carbocycles. The molecule has 1 saturated carbocycles. The van der Waals surface area contributed by atoms with Gasteiger partial charge in [0.15, 0.2) is 0 Å². The number of amides is 1. The van der Waals surface area contributed by atoms with Gasteiger partial charge in [0.1, 0.15) is 0 Å². The van der Waals surface area contributed by atoms with E-state index >= 15 is 0 Å². The Bertz CT molecular complexity index is 434. The molecule has 0 spiro atoms. The third kappa shape index (κ3) is 3.90. The van der Waals surface area contributed by atoms with Crippen LogP contribution in [0.2, 0.25) is 0 Å². The van der Waals surface area contributed by atoms with Crippen molar-refractivity contribution >= 4 is 16.1 Å². The molecule has 2 rings (SSSR count). The fourth-order valence-corrected chi connectivity index (χ4v) is 3.82. The number of hydrogen-bond donors (Lipinski definition) is 1. The fraction of sp³-hybridized carbons (Fsp3) is 0.917. The summed E-state index contributed by atoms with van der Waals surface area (Å²) < 4.78 is 27.3. The molecule has 0 radical (unpaired) electrons. The maximum Gasteiger partial charge on any atom is 0.282 e. The first-order valence-electron chi connectivity index (χ1n) is 6.90. The third-order valence-corrected chi connectivity index (χ3v) is 5.55. The lowest BCUT2D eigenvalue weighted by atomic mass is 10.0. The van der Waals surface area contributed by atoms with Gasteiger partial charge in [-0.1, -0.05) is 6.92 Å². The predicted molar refractivity (Wildman–Crippen MR) is 72.7 cm³/mol. The third-order valence-electron chi connectivity index (χ3n) is 3.65. The number of piperidine rings is 1. The maximum atomic E-state index is 12.3. The van der Waals surface area contributed by atoms with Crippen molar-refractivity contribution in [3.05, 3.63) is 0 Å². The summed E-state index contributed by atoms with van der Waals surface area (Å²) in [5.41, 5.74) is 0. The molecule has 6 nitrogen and oxygen atoms in total. The zero-order chi connectivity index (χ0) is 14.0. The standard InChI is InChI=1S/C12H23N3O3S/c1-10-4-3-7-15(8-10)19(17,18)14(2)9-12(16)13-11-5-6-11/h10-11H,3-9H2,1-2H3,(H,13,16)/t10-/m0/s1. The molecule has 1 heterocycles. The Morgan fingerprint density at radius 1 is 1.37 bits per heavy atom. The molecule has 0 bridgehead atoms. The second-order valence-electron chi connectivity index (χ2n) is 5.71. The van der Waals surface area contributed by atoms with Gasteiger partial charge in [-0.2, -0.15) is 17.0 Å². The lowest BCUT2D eigenvalue weighted by Crippen LogP contribution is -2.49. The van der Waals surface area contributed by atoms with E-state index in [0.29, 0.717) is 19.0 Å². The molecular weight excluding hydrogens is 266 g/mol. The molecule has 110 valence electrons. The molecule has 1 N–H and O–H groups in total. The van der Waals surface area contributed by atoms with Crippen LogP contribution in [0, 0.1) is 5.92 Å². The number of likely N-dealkylation sites (N-methyl/N-ethyl adjacent to an activating group) is 1. The number of nitrogens with one attached hydrogen (secondary N) is 1. The van der Waals surface area contributed by atoms with Crippen LogP contribution in [-0.2, 0) is 15.0 Å². The minimum atomic E-state index is -3.50. The van der Waals surface area contributed by atoms with Gasteiger partial charge in [-0.3, -0.25) is 4.79 Å². The minimum absolute atomic E-state index is 0.0935. The molecule has 1 aliphatic carbocycles. The monoisotopic (exact) mass is 289 g/mol. The quantitative estimate of drug-likeness (QED) is 0.784. The van der Waals surface area contributed by atoms with Crippen LogP contribution in [-0.4, -0.2) is 55.7 Å². The van der Waals surface area contributed by atoms with Gasteiger partial charge in [-0.25, -0.2) is 0 Å². The van der Waals surface area contributed by atoms with Crippen molar-refractivity contribution in [2.45, 2.75) is 38.6 Å². The van der Waals surface area contributed by atoms with Gasteiger partial charge in [-0.15, -0.1) is 0 Å². The highest BCUT2D eigenvalue weighted by molar-refractivity contribution is 7.86. The van der Waals surface area contributed by atoms with E-state index in [1.165, 1.54) is 11.4 Å². The van der Waals surface area contributed by atoms with Crippen molar-refractivity contribution in [3.8, 4) is 0 Å². The van der Waals surface area contributed by atoms with E-state index < -0.39 is 10.2 Å². The number of nitrogens with zero attached hydrogens (tertiary/aromatic N) is 2. The molecule has 0 aromatic rings. The minimum Gasteiger partial charge on any atom is -0.352 e. The normalized spacial score (nSPS) is 25.5. The van der Waals surface area contributed by atoms with E-state index in [-0.39, 0.29) is 18.5 Å². The zero-order valence-corrected chi connectivity index (χ0v) is 12.4. The van der Waals surface area contributed by atoms with E-state index in [2.05, 4.69) is 12.2 Å². The van der Waals surface area contributed by atoms with Crippen LogP contribution in [0.1, 0.15) is 32.6 Å². The summed E-state index contributed by atoms with van der Waals surface area (Å²) in [6.45, 7) is 3.07. The fourth-order valence-electron chi connectivity index (χ4n) is 2.34. The van der Waals surface area contributed by atoms with E-state index in [4.69, 9.17) is 0 Å². The van der Waals surface area contributed by atoms with Crippen LogP contribution in [0.25, 0.3) is 0 Å². The SMILES string of the molecule is C[C@H]1CCCN(S(=O)(=O)N(C)CC(=O)NC2CC2)C1. The summed E-state index contributed by atoms with van der Waals surface area (Å²) in [6.07, 6.45) is 3.97. The van der Waals surface area contributed by atoms with Gasteiger partial charge < -0.3 is 5.32 Å². The first-order chi connectivity index (χ1) is 8.89.